The summed E-state index contributed by atoms with van der Waals surface area (Å²) in [5.41, 5.74) is 1.86. The van der Waals surface area contributed by atoms with Crippen LogP contribution in [0.25, 0.3) is 11.1 Å². The molecule has 1 saturated carbocycles. The molecule has 0 unspecified atom stereocenters. The van der Waals surface area contributed by atoms with Crippen LogP contribution >= 0.6 is 0 Å². The number of pyridine rings is 1. The van der Waals surface area contributed by atoms with E-state index in [-0.39, 0.29) is 5.75 Å². The molecule has 0 amide bonds. The third-order valence-corrected chi connectivity index (χ3v) is 6.52. The Balaban J connectivity index is 1.51. The molecule has 138 valence electrons. The zero-order chi connectivity index (χ0) is 18.0. The summed E-state index contributed by atoms with van der Waals surface area (Å²) in [6, 6.07) is 11.8. The minimum atomic E-state index is -3.25. The largest absolute Gasteiger partial charge is 0.493 e. The zero-order valence-electron chi connectivity index (χ0n) is 14.9. The van der Waals surface area contributed by atoms with Gasteiger partial charge in [0.1, 0.15) is 18.0 Å². The van der Waals surface area contributed by atoms with Crippen molar-refractivity contribution < 1.29 is 17.7 Å². The number of rotatable bonds is 4. The first-order valence-electron chi connectivity index (χ1n) is 9.37. The average molecular weight is 373 g/mol. The maximum atomic E-state index is 11.9. The number of aryl methyl sites for hydroxylation is 1. The van der Waals surface area contributed by atoms with Crippen LogP contribution in [0.5, 0.6) is 5.75 Å². The Morgan fingerprint density at radius 2 is 1.85 bits per heavy atom. The average Bonchev–Trinajstić information content (AvgIpc) is 2.66. The van der Waals surface area contributed by atoms with Gasteiger partial charge in [0, 0.05) is 0 Å². The molecule has 1 aromatic carbocycles. The minimum Gasteiger partial charge on any atom is -0.493 e. The molecule has 26 heavy (non-hydrogen) atoms. The Kier molecular flexibility index (Phi) is 4.85. The lowest BCUT2D eigenvalue weighted by Crippen LogP contribution is -2.47. The van der Waals surface area contributed by atoms with E-state index in [4.69, 9.17) is 4.74 Å². The Morgan fingerprint density at radius 1 is 1.08 bits per heavy atom. The van der Waals surface area contributed by atoms with Crippen molar-refractivity contribution >= 4 is 15.8 Å². The molecule has 1 aliphatic heterocycles. The van der Waals surface area contributed by atoms with Crippen molar-refractivity contribution in [1.29, 1.82) is 0 Å². The van der Waals surface area contributed by atoms with Crippen LogP contribution in [0.15, 0.2) is 42.6 Å². The van der Waals surface area contributed by atoms with Crippen molar-refractivity contribution in [3.05, 3.63) is 42.6 Å². The fourth-order valence-electron chi connectivity index (χ4n) is 3.80. The molecule has 0 radical (unpaired) electrons. The van der Waals surface area contributed by atoms with Gasteiger partial charge < -0.3 is 4.74 Å². The molecule has 5 nitrogen and oxygen atoms in total. The predicted octanol–water partition coefficient (Wildman–Crippen LogP) is 3.36. The SMILES string of the molecule is O=S1(=O)CC[n+]2cccc(-c3ccc(OCC4CCCCC4)cc3)c2N1. The topological polar surface area (TPSA) is 59.3 Å². The molecule has 0 atom stereocenters. The fourth-order valence-corrected chi connectivity index (χ4v) is 4.86. The van der Waals surface area contributed by atoms with E-state index in [1.54, 1.807) is 0 Å². The number of nitrogens with one attached hydrogen (secondary N) is 1. The highest BCUT2D eigenvalue weighted by Crippen LogP contribution is 2.29. The molecule has 1 aliphatic carbocycles. The number of benzene rings is 1. The minimum absolute atomic E-state index is 0.113. The van der Waals surface area contributed by atoms with Gasteiger partial charge in [-0.15, -0.1) is 0 Å². The summed E-state index contributed by atoms with van der Waals surface area (Å²) in [5.74, 6) is 2.30. The monoisotopic (exact) mass is 373 g/mol. The summed E-state index contributed by atoms with van der Waals surface area (Å²) < 4.78 is 34.5. The fraction of sp³-hybridized carbons (Fsp3) is 0.450. The molecule has 2 aliphatic rings. The van der Waals surface area contributed by atoms with E-state index in [2.05, 4.69) is 4.72 Å². The Bertz CT molecular complexity index is 872. The Hall–Kier alpha value is -2.08. The number of sulfonamides is 1. The van der Waals surface area contributed by atoms with Crippen LogP contribution in [0.1, 0.15) is 32.1 Å². The van der Waals surface area contributed by atoms with Crippen LogP contribution in [0.3, 0.4) is 0 Å². The van der Waals surface area contributed by atoms with Crippen LogP contribution in [-0.2, 0) is 16.6 Å². The Labute approximate surface area is 155 Å². The summed E-state index contributed by atoms with van der Waals surface area (Å²) >= 11 is 0. The summed E-state index contributed by atoms with van der Waals surface area (Å²) in [7, 11) is -3.25. The lowest BCUT2D eigenvalue weighted by atomic mass is 9.90. The van der Waals surface area contributed by atoms with Crippen LogP contribution in [0.4, 0.5) is 5.82 Å². The van der Waals surface area contributed by atoms with Gasteiger partial charge in [0.05, 0.1) is 18.4 Å². The molecule has 1 fully saturated rings. The summed E-state index contributed by atoms with van der Waals surface area (Å²) in [5, 5.41) is 0. The molecule has 0 spiro atoms. The number of aromatic nitrogens is 1. The smallest absolute Gasteiger partial charge is 0.302 e. The third kappa shape index (κ3) is 3.85. The second-order valence-electron chi connectivity index (χ2n) is 7.22. The van der Waals surface area contributed by atoms with Crippen LogP contribution in [-0.4, -0.2) is 20.8 Å². The number of fused-ring (bicyclic) bond motifs is 1. The number of hydrogen-bond donors (Lipinski definition) is 1. The number of hydrogen-bond acceptors (Lipinski definition) is 3. The standard InChI is InChI=1S/C20H24N2O3S/c23-26(24)14-13-22-12-4-7-19(20(22)21-26)17-8-10-18(11-9-17)25-15-16-5-2-1-3-6-16/h4,7-12,16H,1-3,5-6,13-15H2/p+1. The highest BCUT2D eigenvalue weighted by Gasteiger charge is 2.29. The van der Waals surface area contributed by atoms with Crippen molar-refractivity contribution in [2.75, 3.05) is 17.1 Å². The molecule has 0 bridgehead atoms. The van der Waals surface area contributed by atoms with Crippen LogP contribution in [0, 0.1) is 5.92 Å². The maximum absolute atomic E-state index is 11.9. The van der Waals surface area contributed by atoms with E-state index in [1.165, 1.54) is 32.1 Å². The molecule has 6 heteroatoms. The van der Waals surface area contributed by atoms with E-state index in [0.29, 0.717) is 18.3 Å². The first-order valence-corrected chi connectivity index (χ1v) is 11.0. The normalized spacial score (nSPS) is 19.4. The number of ether oxygens (including phenoxy) is 1. The predicted molar refractivity (Wildman–Crippen MR) is 102 cm³/mol. The van der Waals surface area contributed by atoms with E-state index in [1.807, 2.05) is 47.2 Å². The lowest BCUT2D eigenvalue weighted by molar-refractivity contribution is -0.679. The van der Waals surface area contributed by atoms with E-state index in [0.717, 1.165) is 23.5 Å². The summed E-state index contributed by atoms with van der Waals surface area (Å²) in [6.45, 7) is 1.26. The van der Waals surface area contributed by atoms with Gasteiger partial charge in [-0.1, -0.05) is 31.4 Å². The molecule has 2 heterocycles. The van der Waals surface area contributed by atoms with Gasteiger partial charge in [-0.2, -0.15) is 13.1 Å². The highest BCUT2D eigenvalue weighted by molar-refractivity contribution is 7.92. The quantitative estimate of drug-likeness (QED) is 0.836. The van der Waals surface area contributed by atoms with Gasteiger partial charge in [-0.3, -0.25) is 0 Å². The van der Waals surface area contributed by atoms with Crippen LogP contribution < -0.4 is 14.0 Å². The van der Waals surface area contributed by atoms with E-state index in [9.17, 15) is 8.42 Å². The zero-order valence-corrected chi connectivity index (χ0v) is 15.7. The van der Waals surface area contributed by atoms with Crippen LogP contribution in [0.2, 0.25) is 0 Å². The van der Waals surface area contributed by atoms with Gasteiger partial charge in [-0.25, -0.2) is 4.57 Å². The second-order valence-corrected chi connectivity index (χ2v) is 9.07. The molecule has 0 saturated heterocycles. The molecular formula is C20H25N2O3S+. The third-order valence-electron chi connectivity index (χ3n) is 5.30. The Morgan fingerprint density at radius 3 is 2.62 bits per heavy atom. The van der Waals surface area contributed by atoms with Crippen molar-refractivity contribution in [2.24, 2.45) is 5.92 Å². The molecule has 4 rings (SSSR count). The second kappa shape index (κ2) is 7.27. The lowest BCUT2D eigenvalue weighted by Gasteiger charge is -2.21. The first-order chi connectivity index (χ1) is 12.6. The number of nitrogens with zero attached hydrogens (tertiary/aromatic N) is 1. The van der Waals surface area contributed by atoms with Crippen molar-refractivity contribution in [2.45, 2.75) is 38.6 Å². The highest BCUT2D eigenvalue weighted by atomic mass is 32.2. The number of anilines is 1. The molecule has 1 aromatic heterocycles. The molecular weight excluding hydrogens is 348 g/mol. The molecule has 1 N–H and O–H groups in total. The van der Waals surface area contributed by atoms with Crippen molar-refractivity contribution in [3.63, 3.8) is 0 Å². The summed E-state index contributed by atoms with van der Waals surface area (Å²) in [6.07, 6.45) is 8.44. The van der Waals surface area contributed by atoms with Gasteiger partial charge in [0.25, 0.3) is 5.82 Å². The van der Waals surface area contributed by atoms with E-state index < -0.39 is 10.0 Å². The van der Waals surface area contributed by atoms with Crippen molar-refractivity contribution in [1.82, 2.24) is 0 Å². The van der Waals surface area contributed by atoms with E-state index >= 15 is 0 Å². The van der Waals surface area contributed by atoms with Gasteiger partial charge in [0.2, 0.25) is 0 Å². The first kappa shape index (κ1) is 17.3. The van der Waals surface area contributed by atoms with Gasteiger partial charge in [-0.05, 0) is 48.6 Å². The maximum Gasteiger partial charge on any atom is 0.302 e. The van der Waals surface area contributed by atoms with Gasteiger partial charge in [0.15, 0.2) is 0 Å². The summed E-state index contributed by atoms with van der Waals surface area (Å²) in [4.78, 5) is 0. The van der Waals surface area contributed by atoms with Crippen molar-refractivity contribution in [3.8, 4) is 16.9 Å². The van der Waals surface area contributed by atoms with Gasteiger partial charge >= 0.3 is 10.0 Å². The molecule has 2 aromatic rings.